The molecule has 1 heterocycles. The standard InChI is InChI=1S/C12H14Br2N2O/c13-10-6-9(7-11(14)12(10)17)8-15-16-4-2-1-3-5-16/h6-8,17H,1-5H2. The highest BCUT2D eigenvalue weighted by Gasteiger charge is 2.07. The fourth-order valence-corrected chi connectivity index (χ4v) is 3.02. The Bertz CT molecular complexity index is 406. The summed E-state index contributed by atoms with van der Waals surface area (Å²) in [4.78, 5) is 0. The van der Waals surface area contributed by atoms with Crippen LogP contribution in [0.5, 0.6) is 5.75 Å². The van der Waals surface area contributed by atoms with Crippen LogP contribution in [0.3, 0.4) is 0 Å². The van der Waals surface area contributed by atoms with Gasteiger partial charge in [-0.2, -0.15) is 5.10 Å². The molecule has 0 radical (unpaired) electrons. The van der Waals surface area contributed by atoms with E-state index in [1.165, 1.54) is 19.3 Å². The first-order chi connectivity index (χ1) is 8.16. The molecule has 92 valence electrons. The van der Waals surface area contributed by atoms with Crippen LogP contribution in [0.4, 0.5) is 0 Å². The van der Waals surface area contributed by atoms with E-state index < -0.39 is 0 Å². The molecule has 2 rings (SSSR count). The van der Waals surface area contributed by atoms with E-state index in [9.17, 15) is 5.11 Å². The van der Waals surface area contributed by atoms with E-state index in [0.717, 1.165) is 18.7 Å². The number of rotatable bonds is 2. The van der Waals surface area contributed by atoms with E-state index in [4.69, 9.17) is 0 Å². The second kappa shape index (κ2) is 5.87. The molecule has 0 aliphatic carbocycles. The molecule has 17 heavy (non-hydrogen) atoms. The average molecular weight is 362 g/mol. The molecule has 1 N–H and O–H groups in total. The minimum Gasteiger partial charge on any atom is -0.506 e. The Morgan fingerprint density at radius 3 is 2.29 bits per heavy atom. The molecule has 1 saturated heterocycles. The van der Waals surface area contributed by atoms with Crippen molar-refractivity contribution in [3.63, 3.8) is 0 Å². The molecule has 5 heteroatoms. The van der Waals surface area contributed by atoms with Crippen molar-refractivity contribution in [1.29, 1.82) is 0 Å². The predicted octanol–water partition coefficient (Wildman–Crippen LogP) is 3.74. The van der Waals surface area contributed by atoms with Crippen molar-refractivity contribution in [3.05, 3.63) is 26.6 Å². The van der Waals surface area contributed by atoms with Gasteiger partial charge in [-0.1, -0.05) is 0 Å². The topological polar surface area (TPSA) is 35.8 Å². The zero-order valence-corrected chi connectivity index (χ0v) is 12.5. The number of hydrazone groups is 1. The Kier molecular flexibility index (Phi) is 4.45. The number of piperidine rings is 1. The Labute approximate surface area is 118 Å². The van der Waals surface area contributed by atoms with Crippen molar-refractivity contribution in [3.8, 4) is 5.75 Å². The van der Waals surface area contributed by atoms with Gasteiger partial charge in [-0.05, 0) is 68.8 Å². The van der Waals surface area contributed by atoms with Crippen molar-refractivity contribution in [2.24, 2.45) is 5.10 Å². The van der Waals surface area contributed by atoms with E-state index in [1.54, 1.807) is 0 Å². The predicted molar refractivity (Wildman–Crippen MR) is 76.5 cm³/mol. The van der Waals surface area contributed by atoms with Crippen molar-refractivity contribution in [2.75, 3.05) is 13.1 Å². The van der Waals surface area contributed by atoms with E-state index in [2.05, 4.69) is 42.0 Å². The summed E-state index contributed by atoms with van der Waals surface area (Å²) in [7, 11) is 0. The fraction of sp³-hybridized carbons (Fsp3) is 0.417. The number of phenolic OH excluding ortho intramolecular Hbond substituents is 1. The number of phenols is 1. The van der Waals surface area contributed by atoms with Crippen molar-refractivity contribution < 1.29 is 5.11 Å². The molecule has 0 atom stereocenters. The van der Waals surface area contributed by atoms with Crippen LogP contribution in [0.2, 0.25) is 0 Å². The third kappa shape index (κ3) is 3.45. The quantitative estimate of drug-likeness (QED) is 0.814. The van der Waals surface area contributed by atoms with Crippen LogP contribution in [-0.2, 0) is 0 Å². The number of hydrogen-bond donors (Lipinski definition) is 1. The molecule has 0 saturated carbocycles. The highest BCUT2D eigenvalue weighted by molar-refractivity contribution is 9.11. The van der Waals surface area contributed by atoms with Gasteiger partial charge in [0, 0.05) is 13.1 Å². The molecule has 0 spiro atoms. The first-order valence-corrected chi connectivity index (χ1v) is 7.22. The maximum atomic E-state index is 9.60. The van der Waals surface area contributed by atoms with Crippen molar-refractivity contribution in [2.45, 2.75) is 19.3 Å². The maximum absolute atomic E-state index is 9.60. The van der Waals surface area contributed by atoms with E-state index in [0.29, 0.717) is 8.95 Å². The van der Waals surface area contributed by atoms with Gasteiger partial charge in [0.25, 0.3) is 0 Å². The SMILES string of the molecule is Oc1c(Br)cc(C=NN2CCCCC2)cc1Br. The van der Waals surface area contributed by atoms with Gasteiger partial charge in [0.2, 0.25) is 0 Å². The number of hydrogen-bond acceptors (Lipinski definition) is 3. The van der Waals surface area contributed by atoms with Crippen LogP contribution in [0, 0.1) is 0 Å². The van der Waals surface area contributed by atoms with Gasteiger partial charge in [-0.3, -0.25) is 5.01 Å². The molecule has 1 fully saturated rings. The third-order valence-corrected chi connectivity index (χ3v) is 3.95. The van der Waals surface area contributed by atoms with Crippen LogP contribution in [0.1, 0.15) is 24.8 Å². The molecule has 1 aromatic carbocycles. The summed E-state index contributed by atoms with van der Waals surface area (Å²) >= 11 is 6.62. The Morgan fingerprint density at radius 1 is 1.12 bits per heavy atom. The molecular weight excluding hydrogens is 348 g/mol. The number of nitrogens with zero attached hydrogens (tertiary/aromatic N) is 2. The Hall–Kier alpha value is -0.550. The third-order valence-electron chi connectivity index (χ3n) is 2.74. The molecular formula is C12H14Br2N2O. The minimum absolute atomic E-state index is 0.222. The summed E-state index contributed by atoms with van der Waals surface area (Å²) in [6.07, 6.45) is 5.59. The summed E-state index contributed by atoms with van der Waals surface area (Å²) in [6.45, 7) is 2.08. The van der Waals surface area contributed by atoms with Crippen LogP contribution in [-0.4, -0.2) is 29.4 Å². The second-order valence-corrected chi connectivity index (χ2v) is 5.80. The van der Waals surface area contributed by atoms with Gasteiger partial charge >= 0.3 is 0 Å². The van der Waals surface area contributed by atoms with E-state index in [-0.39, 0.29) is 5.75 Å². The highest BCUT2D eigenvalue weighted by atomic mass is 79.9. The summed E-state index contributed by atoms with van der Waals surface area (Å²) < 4.78 is 1.35. The van der Waals surface area contributed by atoms with Crippen LogP contribution in [0.25, 0.3) is 0 Å². The first kappa shape index (κ1) is 12.9. The van der Waals surface area contributed by atoms with Gasteiger partial charge in [0.05, 0.1) is 15.2 Å². The smallest absolute Gasteiger partial charge is 0.143 e. The first-order valence-electron chi connectivity index (χ1n) is 5.64. The number of halogens is 2. The molecule has 0 amide bonds. The summed E-state index contributed by atoms with van der Waals surface area (Å²) in [5.41, 5.74) is 0.965. The largest absolute Gasteiger partial charge is 0.506 e. The molecule has 1 aliphatic rings. The fourth-order valence-electron chi connectivity index (χ4n) is 1.80. The lowest BCUT2D eigenvalue weighted by molar-refractivity contribution is 0.240. The lowest BCUT2D eigenvalue weighted by atomic mass is 10.2. The lowest BCUT2D eigenvalue weighted by Gasteiger charge is -2.23. The van der Waals surface area contributed by atoms with E-state index in [1.807, 2.05) is 18.3 Å². The normalized spacial score (nSPS) is 16.7. The highest BCUT2D eigenvalue weighted by Crippen LogP contribution is 2.32. The van der Waals surface area contributed by atoms with Crippen LogP contribution < -0.4 is 0 Å². The Balaban J connectivity index is 2.10. The summed E-state index contributed by atoms with van der Waals surface area (Å²) in [5.74, 6) is 0.222. The number of aromatic hydroxyl groups is 1. The second-order valence-electron chi connectivity index (χ2n) is 4.09. The lowest BCUT2D eigenvalue weighted by Crippen LogP contribution is -2.24. The summed E-state index contributed by atoms with van der Waals surface area (Å²) in [5, 5.41) is 16.1. The van der Waals surface area contributed by atoms with Gasteiger partial charge in [0.1, 0.15) is 5.75 Å². The molecule has 1 aliphatic heterocycles. The average Bonchev–Trinajstić information content (AvgIpc) is 2.34. The van der Waals surface area contributed by atoms with Crippen molar-refractivity contribution in [1.82, 2.24) is 5.01 Å². The molecule has 0 bridgehead atoms. The zero-order chi connectivity index (χ0) is 12.3. The zero-order valence-electron chi connectivity index (χ0n) is 9.37. The number of benzene rings is 1. The summed E-state index contributed by atoms with van der Waals surface area (Å²) in [6, 6.07) is 3.71. The van der Waals surface area contributed by atoms with Gasteiger partial charge in [-0.25, -0.2) is 0 Å². The van der Waals surface area contributed by atoms with Crippen LogP contribution in [0.15, 0.2) is 26.2 Å². The van der Waals surface area contributed by atoms with Gasteiger partial charge in [0.15, 0.2) is 0 Å². The maximum Gasteiger partial charge on any atom is 0.143 e. The Morgan fingerprint density at radius 2 is 1.71 bits per heavy atom. The molecule has 0 unspecified atom stereocenters. The minimum atomic E-state index is 0.222. The van der Waals surface area contributed by atoms with E-state index >= 15 is 0 Å². The monoisotopic (exact) mass is 360 g/mol. The van der Waals surface area contributed by atoms with Gasteiger partial charge < -0.3 is 5.11 Å². The van der Waals surface area contributed by atoms with Crippen molar-refractivity contribution >= 4 is 38.1 Å². The molecule has 1 aromatic rings. The molecule has 3 nitrogen and oxygen atoms in total. The van der Waals surface area contributed by atoms with Crippen LogP contribution >= 0.6 is 31.9 Å². The molecule has 0 aromatic heterocycles. The van der Waals surface area contributed by atoms with Gasteiger partial charge in [-0.15, -0.1) is 0 Å².